The van der Waals surface area contributed by atoms with Crippen LogP contribution in [-0.4, -0.2) is 22.2 Å². The number of hydrogen-bond donors (Lipinski definition) is 2. The Balaban J connectivity index is 2.51. The number of fused-ring (bicyclic) bond motifs is 1. The van der Waals surface area contributed by atoms with Gasteiger partial charge in [0.05, 0.1) is 0 Å². The molecule has 1 heterocycles. The molecule has 0 unspecified atom stereocenters. The first kappa shape index (κ1) is 9.89. The Labute approximate surface area is 87.9 Å². The molecule has 15 heavy (non-hydrogen) atoms. The number of benzene rings is 1. The third kappa shape index (κ3) is 2.23. The van der Waals surface area contributed by atoms with Crippen LogP contribution in [0.25, 0.3) is 16.8 Å². The maximum atomic E-state index is 8.74. The molecule has 0 saturated heterocycles. The van der Waals surface area contributed by atoms with E-state index in [2.05, 4.69) is 4.98 Å². The molecule has 0 aliphatic carbocycles. The summed E-state index contributed by atoms with van der Waals surface area (Å²) >= 11 is 0. The van der Waals surface area contributed by atoms with Gasteiger partial charge in [-0.15, -0.1) is 0 Å². The van der Waals surface area contributed by atoms with Gasteiger partial charge in [-0.25, -0.2) is 0 Å². The van der Waals surface area contributed by atoms with E-state index in [1.165, 1.54) is 5.98 Å². The first-order chi connectivity index (χ1) is 7.27. The van der Waals surface area contributed by atoms with Crippen molar-refractivity contribution in [2.24, 2.45) is 0 Å². The fraction of sp³-hybridized carbons (Fsp3) is 0. The molecular formula is C11H10BNO2. The average Bonchev–Trinajstić information content (AvgIpc) is 2.26. The van der Waals surface area contributed by atoms with Gasteiger partial charge in [0.15, 0.2) is 0 Å². The van der Waals surface area contributed by atoms with Crippen LogP contribution < -0.4 is 0 Å². The molecule has 0 aliphatic rings. The molecule has 0 spiro atoms. The normalized spacial score (nSPS) is 11.1. The summed E-state index contributed by atoms with van der Waals surface area (Å²) in [4.78, 5) is 4.04. The topological polar surface area (TPSA) is 53.4 Å². The number of pyridine rings is 1. The summed E-state index contributed by atoms with van der Waals surface area (Å²) in [7, 11) is -1.42. The van der Waals surface area contributed by atoms with Crippen molar-refractivity contribution in [2.75, 3.05) is 0 Å². The highest BCUT2D eigenvalue weighted by atomic mass is 16.4. The molecule has 0 amide bonds. The molecule has 2 N–H and O–H groups in total. The number of nitrogens with zero attached hydrogens (tertiary/aromatic N) is 1. The van der Waals surface area contributed by atoms with E-state index in [-0.39, 0.29) is 0 Å². The summed E-state index contributed by atoms with van der Waals surface area (Å²) < 4.78 is 0. The minimum atomic E-state index is -1.42. The van der Waals surface area contributed by atoms with Crippen molar-refractivity contribution in [3.63, 3.8) is 0 Å². The zero-order valence-corrected chi connectivity index (χ0v) is 8.04. The molecule has 2 rings (SSSR count). The first-order valence-corrected chi connectivity index (χ1v) is 4.64. The lowest BCUT2D eigenvalue weighted by molar-refractivity contribution is 0.424. The summed E-state index contributed by atoms with van der Waals surface area (Å²) in [5.41, 5.74) is 0.925. The monoisotopic (exact) mass is 199 g/mol. The predicted octanol–water partition coefficient (Wildman–Crippen LogP) is 1.26. The summed E-state index contributed by atoms with van der Waals surface area (Å²) in [5.74, 6) is 1.32. The summed E-state index contributed by atoms with van der Waals surface area (Å²) in [6.07, 6.45) is 5.17. The third-order valence-electron chi connectivity index (χ3n) is 2.17. The van der Waals surface area contributed by atoms with Crippen LogP contribution in [0.5, 0.6) is 0 Å². The zero-order chi connectivity index (χ0) is 10.7. The van der Waals surface area contributed by atoms with Crippen molar-refractivity contribution in [3.8, 4) is 0 Å². The summed E-state index contributed by atoms with van der Waals surface area (Å²) in [6, 6.07) is 7.74. The second-order valence-corrected chi connectivity index (χ2v) is 3.22. The second-order valence-electron chi connectivity index (χ2n) is 3.22. The van der Waals surface area contributed by atoms with Gasteiger partial charge in [0.1, 0.15) is 0 Å². The second kappa shape index (κ2) is 4.25. The van der Waals surface area contributed by atoms with Crippen molar-refractivity contribution in [3.05, 3.63) is 48.2 Å². The summed E-state index contributed by atoms with van der Waals surface area (Å²) in [6.45, 7) is 0. The Hall–Kier alpha value is -1.65. The van der Waals surface area contributed by atoms with Gasteiger partial charge in [0.2, 0.25) is 0 Å². The van der Waals surface area contributed by atoms with Crippen molar-refractivity contribution in [2.45, 2.75) is 0 Å². The lowest BCUT2D eigenvalue weighted by Crippen LogP contribution is -2.05. The van der Waals surface area contributed by atoms with E-state index in [1.54, 1.807) is 18.5 Å². The van der Waals surface area contributed by atoms with Gasteiger partial charge >= 0.3 is 7.12 Å². The molecule has 2 aromatic rings. The molecular weight excluding hydrogens is 189 g/mol. The lowest BCUT2D eigenvalue weighted by atomic mass is 9.90. The fourth-order valence-electron chi connectivity index (χ4n) is 1.47. The van der Waals surface area contributed by atoms with E-state index in [1.807, 2.05) is 24.3 Å². The minimum Gasteiger partial charge on any atom is -0.424 e. The van der Waals surface area contributed by atoms with Crippen LogP contribution in [0.1, 0.15) is 5.56 Å². The number of rotatable bonds is 2. The van der Waals surface area contributed by atoms with E-state index in [0.29, 0.717) is 0 Å². The molecule has 3 nitrogen and oxygen atoms in total. The number of hydrogen-bond acceptors (Lipinski definition) is 3. The molecule has 0 radical (unpaired) electrons. The van der Waals surface area contributed by atoms with E-state index < -0.39 is 7.12 Å². The van der Waals surface area contributed by atoms with Gasteiger partial charge in [-0.05, 0) is 17.0 Å². The van der Waals surface area contributed by atoms with E-state index in [4.69, 9.17) is 10.0 Å². The zero-order valence-electron chi connectivity index (χ0n) is 8.04. The Kier molecular flexibility index (Phi) is 2.80. The van der Waals surface area contributed by atoms with Crippen LogP contribution in [-0.2, 0) is 0 Å². The predicted molar refractivity (Wildman–Crippen MR) is 61.0 cm³/mol. The highest BCUT2D eigenvalue weighted by Crippen LogP contribution is 2.18. The molecule has 0 aliphatic heterocycles. The minimum absolute atomic E-state index is 0.925. The van der Waals surface area contributed by atoms with E-state index >= 15 is 0 Å². The van der Waals surface area contributed by atoms with Gasteiger partial charge in [-0.1, -0.05) is 30.3 Å². The fourth-order valence-corrected chi connectivity index (χ4v) is 1.47. The molecule has 1 aromatic heterocycles. The largest absolute Gasteiger partial charge is 0.480 e. The molecule has 74 valence electrons. The highest BCUT2D eigenvalue weighted by Gasteiger charge is 2.00. The Morgan fingerprint density at radius 3 is 2.87 bits per heavy atom. The van der Waals surface area contributed by atoms with Gasteiger partial charge < -0.3 is 10.0 Å². The van der Waals surface area contributed by atoms with Crippen LogP contribution in [0.3, 0.4) is 0 Å². The van der Waals surface area contributed by atoms with Gasteiger partial charge in [0.25, 0.3) is 0 Å². The Morgan fingerprint density at radius 1 is 1.20 bits per heavy atom. The molecule has 0 atom stereocenters. The average molecular weight is 199 g/mol. The number of aromatic nitrogens is 1. The van der Waals surface area contributed by atoms with Gasteiger partial charge in [0, 0.05) is 17.8 Å². The first-order valence-electron chi connectivity index (χ1n) is 4.64. The smallest absolute Gasteiger partial charge is 0.424 e. The van der Waals surface area contributed by atoms with Crippen LogP contribution in [0.15, 0.2) is 42.6 Å². The van der Waals surface area contributed by atoms with Gasteiger partial charge in [-0.3, -0.25) is 4.98 Å². The maximum absolute atomic E-state index is 8.74. The summed E-state index contributed by atoms with van der Waals surface area (Å²) in [5, 5.41) is 19.6. The van der Waals surface area contributed by atoms with E-state index in [0.717, 1.165) is 16.3 Å². The molecule has 0 saturated carbocycles. The lowest BCUT2D eigenvalue weighted by Gasteiger charge is -2.00. The van der Waals surface area contributed by atoms with Crippen molar-refractivity contribution in [1.82, 2.24) is 4.98 Å². The van der Waals surface area contributed by atoms with Crippen LogP contribution in [0.4, 0.5) is 0 Å². The third-order valence-corrected chi connectivity index (χ3v) is 2.17. The van der Waals surface area contributed by atoms with Crippen LogP contribution >= 0.6 is 0 Å². The Bertz CT molecular complexity index is 491. The van der Waals surface area contributed by atoms with E-state index in [9.17, 15) is 0 Å². The highest BCUT2D eigenvalue weighted by molar-refractivity contribution is 6.48. The van der Waals surface area contributed by atoms with Crippen molar-refractivity contribution < 1.29 is 10.0 Å². The van der Waals surface area contributed by atoms with Crippen molar-refractivity contribution >= 4 is 24.0 Å². The van der Waals surface area contributed by atoms with Crippen LogP contribution in [0.2, 0.25) is 0 Å². The maximum Gasteiger partial charge on any atom is 0.480 e. The molecule has 4 heteroatoms. The van der Waals surface area contributed by atoms with Crippen molar-refractivity contribution in [1.29, 1.82) is 0 Å². The van der Waals surface area contributed by atoms with Crippen LogP contribution in [0, 0.1) is 0 Å². The molecule has 0 fully saturated rings. The molecule has 0 bridgehead atoms. The Morgan fingerprint density at radius 2 is 2.07 bits per heavy atom. The SMILES string of the molecule is OB(O)/C=C/c1cccc2ccncc12. The molecule has 1 aromatic carbocycles. The standard InChI is InChI=1S/C11H10BNO2/c14-12(15)6-4-9-2-1-3-10-5-7-13-8-11(9)10/h1-8,14-15H/b6-4+. The van der Waals surface area contributed by atoms with Gasteiger partial charge in [-0.2, -0.15) is 0 Å². The quantitative estimate of drug-likeness (QED) is 0.715.